The minimum Gasteiger partial charge on any atom is -0.444 e. The zero-order valence-electron chi connectivity index (χ0n) is 20.9. The van der Waals surface area contributed by atoms with Gasteiger partial charge < -0.3 is 9.64 Å². The van der Waals surface area contributed by atoms with Crippen LogP contribution in [0.25, 0.3) is 28.2 Å². The molecule has 36 heavy (non-hydrogen) atoms. The lowest BCUT2D eigenvalue weighted by Crippen LogP contribution is -2.49. The van der Waals surface area contributed by atoms with Gasteiger partial charge in [-0.15, -0.1) is 0 Å². The van der Waals surface area contributed by atoms with Crippen molar-refractivity contribution in [3.63, 3.8) is 0 Å². The summed E-state index contributed by atoms with van der Waals surface area (Å²) in [5.74, 6) is 0. The summed E-state index contributed by atoms with van der Waals surface area (Å²) in [5.41, 5.74) is 2.80. The molecule has 0 unspecified atom stereocenters. The van der Waals surface area contributed by atoms with Gasteiger partial charge in [-0.2, -0.15) is 20.6 Å². The van der Waals surface area contributed by atoms with E-state index in [4.69, 9.17) is 9.72 Å². The van der Waals surface area contributed by atoms with Gasteiger partial charge in [-0.05, 0) is 45.7 Å². The molecule has 1 amide bonds. The lowest BCUT2D eigenvalue weighted by Gasteiger charge is -2.40. The molecule has 0 spiro atoms. The van der Waals surface area contributed by atoms with Crippen LogP contribution >= 0.6 is 0 Å². The van der Waals surface area contributed by atoms with Gasteiger partial charge in [0, 0.05) is 38.1 Å². The number of rotatable bonds is 4. The largest absolute Gasteiger partial charge is 0.444 e. The average Bonchev–Trinajstić information content (AvgIpc) is 3.58. The van der Waals surface area contributed by atoms with Crippen molar-refractivity contribution >= 4 is 11.6 Å². The number of likely N-dealkylation sites (tertiary alicyclic amines) is 1. The molecule has 0 saturated carbocycles. The molecular weight excluding hydrogens is 458 g/mol. The lowest BCUT2D eigenvalue weighted by atomic mass is 9.85. The predicted octanol–water partition coefficient (Wildman–Crippen LogP) is 3.63. The number of ether oxygens (including phenoxy) is 1. The molecular formula is C25H29N9O2. The van der Waals surface area contributed by atoms with Crippen LogP contribution in [0.3, 0.4) is 0 Å². The molecule has 4 aromatic rings. The first-order valence-electron chi connectivity index (χ1n) is 11.9. The molecule has 1 aliphatic heterocycles. The van der Waals surface area contributed by atoms with Gasteiger partial charge in [-0.25, -0.2) is 14.3 Å². The van der Waals surface area contributed by atoms with E-state index in [1.165, 1.54) is 0 Å². The van der Waals surface area contributed by atoms with Crippen molar-refractivity contribution in [3.8, 4) is 28.7 Å². The van der Waals surface area contributed by atoms with E-state index in [-0.39, 0.29) is 6.09 Å². The fraction of sp³-hybridized carbons (Fsp3) is 0.440. The number of aryl methyl sites for hydroxylation is 1. The zero-order valence-corrected chi connectivity index (χ0v) is 20.9. The van der Waals surface area contributed by atoms with Crippen LogP contribution < -0.4 is 0 Å². The van der Waals surface area contributed by atoms with Crippen LogP contribution in [0.5, 0.6) is 0 Å². The third kappa shape index (κ3) is 4.42. The normalized spacial score (nSPS) is 15.7. The summed E-state index contributed by atoms with van der Waals surface area (Å²) in [6, 6.07) is 6.15. The first-order chi connectivity index (χ1) is 17.2. The number of nitrogens with zero attached hydrogens (tertiary/aromatic N) is 9. The van der Waals surface area contributed by atoms with Crippen molar-refractivity contribution in [3.05, 3.63) is 43.1 Å². The van der Waals surface area contributed by atoms with Gasteiger partial charge >= 0.3 is 6.09 Å². The lowest BCUT2D eigenvalue weighted by molar-refractivity contribution is 0.0105. The Morgan fingerprint density at radius 1 is 1.17 bits per heavy atom. The van der Waals surface area contributed by atoms with Crippen LogP contribution in [0.1, 0.15) is 40.0 Å². The van der Waals surface area contributed by atoms with E-state index < -0.39 is 11.1 Å². The first kappa shape index (κ1) is 23.5. The fourth-order valence-corrected chi connectivity index (χ4v) is 4.59. The molecule has 1 saturated heterocycles. The molecule has 0 bridgehead atoms. The van der Waals surface area contributed by atoms with Crippen LogP contribution in [-0.4, -0.2) is 63.8 Å². The van der Waals surface area contributed by atoms with E-state index >= 15 is 0 Å². The van der Waals surface area contributed by atoms with Crippen molar-refractivity contribution < 1.29 is 9.53 Å². The van der Waals surface area contributed by atoms with Crippen LogP contribution in [-0.2, 0) is 17.3 Å². The Morgan fingerprint density at radius 2 is 1.94 bits per heavy atom. The molecule has 1 fully saturated rings. The van der Waals surface area contributed by atoms with Crippen LogP contribution in [0.4, 0.5) is 4.79 Å². The number of piperidine rings is 1. The van der Waals surface area contributed by atoms with Gasteiger partial charge in [-0.1, -0.05) is 0 Å². The van der Waals surface area contributed by atoms with Crippen molar-refractivity contribution in [2.75, 3.05) is 13.1 Å². The number of amides is 1. The van der Waals surface area contributed by atoms with Gasteiger partial charge in [0.1, 0.15) is 17.0 Å². The SMILES string of the molecule is Cn1ccc(-c2cn3nccc3c(-c3cnn(C4(CC#N)CCN(C(=O)OC(C)(C)C)CC4)c3)n2)n1. The van der Waals surface area contributed by atoms with Gasteiger partial charge in [0.15, 0.2) is 0 Å². The third-order valence-electron chi connectivity index (χ3n) is 6.46. The van der Waals surface area contributed by atoms with E-state index in [1.807, 2.05) is 63.2 Å². The summed E-state index contributed by atoms with van der Waals surface area (Å²) in [6.45, 7) is 6.55. The number of hydrogen-bond acceptors (Lipinski definition) is 7. The summed E-state index contributed by atoms with van der Waals surface area (Å²) in [7, 11) is 1.86. The van der Waals surface area contributed by atoms with Crippen molar-refractivity contribution in [1.29, 1.82) is 5.26 Å². The molecule has 4 aromatic heterocycles. The van der Waals surface area contributed by atoms with Crippen LogP contribution in [0, 0.1) is 11.3 Å². The average molecular weight is 488 g/mol. The Kier molecular flexibility index (Phi) is 5.74. The summed E-state index contributed by atoms with van der Waals surface area (Å²) in [5, 5.41) is 23.2. The number of carbonyl (C=O) groups excluding carboxylic acids is 1. The van der Waals surface area contributed by atoms with Crippen molar-refractivity contribution in [2.24, 2.45) is 7.05 Å². The molecule has 0 aromatic carbocycles. The van der Waals surface area contributed by atoms with Gasteiger partial charge in [0.25, 0.3) is 0 Å². The van der Waals surface area contributed by atoms with Gasteiger partial charge in [-0.3, -0.25) is 9.36 Å². The van der Waals surface area contributed by atoms with Crippen molar-refractivity contribution in [2.45, 2.75) is 51.2 Å². The molecule has 1 aliphatic rings. The summed E-state index contributed by atoms with van der Waals surface area (Å²) < 4.78 is 10.9. The van der Waals surface area contributed by atoms with E-state index in [2.05, 4.69) is 21.4 Å². The smallest absolute Gasteiger partial charge is 0.410 e. The summed E-state index contributed by atoms with van der Waals surface area (Å²) in [6.07, 6.45) is 10.3. The highest BCUT2D eigenvalue weighted by molar-refractivity contribution is 5.77. The Hall–Kier alpha value is -4.20. The van der Waals surface area contributed by atoms with Crippen LogP contribution in [0.15, 0.2) is 43.1 Å². The summed E-state index contributed by atoms with van der Waals surface area (Å²) in [4.78, 5) is 19.2. The van der Waals surface area contributed by atoms with Crippen LogP contribution in [0.2, 0.25) is 0 Å². The van der Waals surface area contributed by atoms with Gasteiger partial charge in [0.05, 0.1) is 47.8 Å². The Bertz CT molecular complexity index is 1440. The highest BCUT2D eigenvalue weighted by Crippen LogP contribution is 2.35. The quantitative estimate of drug-likeness (QED) is 0.431. The molecule has 11 heteroatoms. The molecule has 0 aliphatic carbocycles. The zero-order chi connectivity index (χ0) is 25.5. The van der Waals surface area contributed by atoms with Gasteiger partial charge in [0.2, 0.25) is 0 Å². The first-order valence-corrected chi connectivity index (χ1v) is 11.9. The highest BCUT2D eigenvalue weighted by Gasteiger charge is 2.39. The molecule has 0 N–H and O–H groups in total. The maximum absolute atomic E-state index is 12.6. The molecule has 0 atom stereocenters. The number of carbonyl (C=O) groups is 1. The number of aromatic nitrogens is 7. The third-order valence-corrected chi connectivity index (χ3v) is 6.46. The second-order valence-electron chi connectivity index (χ2n) is 10.2. The minimum atomic E-state index is -0.551. The maximum atomic E-state index is 12.6. The number of hydrogen-bond donors (Lipinski definition) is 0. The fourth-order valence-electron chi connectivity index (χ4n) is 4.59. The second kappa shape index (κ2) is 8.78. The molecule has 5 rings (SSSR count). The monoisotopic (exact) mass is 487 g/mol. The molecule has 11 nitrogen and oxygen atoms in total. The number of fused-ring (bicyclic) bond motifs is 1. The Morgan fingerprint density at radius 3 is 2.61 bits per heavy atom. The Balaban J connectivity index is 1.45. The van der Waals surface area contributed by atoms with Crippen molar-refractivity contribution in [1.82, 2.24) is 39.1 Å². The Labute approximate surface area is 208 Å². The maximum Gasteiger partial charge on any atom is 0.410 e. The number of nitriles is 1. The van der Waals surface area contributed by atoms with E-state index in [0.29, 0.717) is 38.0 Å². The van der Waals surface area contributed by atoms with E-state index in [1.54, 1.807) is 26.5 Å². The summed E-state index contributed by atoms with van der Waals surface area (Å²) >= 11 is 0. The molecule has 5 heterocycles. The molecule has 0 radical (unpaired) electrons. The second-order valence-corrected chi connectivity index (χ2v) is 10.2. The topological polar surface area (TPSA) is 119 Å². The van der Waals surface area contributed by atoms with E-state index in [9.17, 15) is 10.1 Å². The standard InChI is InChI=1S/C25H29N9O2/c1-24(2,3)36-23(35)32-13-8-25(7-10-26,9-14-32)34-16-18(15-28-34)22-21-5-11-27-33(21)17-20(29-22)19-6-12-31(4)30-19/h5-6,11-12,15-17H,7-9,13-14H2,1-4H3. The minimum absolute atomic E-state index is 0.291. The predicted molar refractivity (Wildman–Crippen MR) is 132 cm³/mol. The highest BCUT2D eigenvalue weighted by atomic mass is 16.6. The molecule has 186 valence electrons. The van der Waals surface area contributed by atoms with E-state index in [0.717, 1.165) is 22.5 Å².